The van der Waals surface area contributed by atoms with Crippen molar-refractivity contribution >= 4 is 0 Å². The highest BCUT2D eigenvalue weighted by Crippen LogP contribution is 2.25. The number of ether oxygens (including phenoxy) is 1. The highest BCUT2D eigenvalue weighted by molar-refractivity contribution is 5.19. The van der Waals surface area contributed by atoms with Crippen LogP contribution in [0.2, 0.25) is 0 Å². The number of benzene rings is 1. The van der Waals surface area contributed by atoms with Gasteiger partial charge in [0.1, 0.15) is 0 Å². The second-order valence-electron chi connectivity index (χ2n) is 4.98. The molecule has 0 saturated heterocycles. The van der Waals surface area contributed by atoms with Crippen molar-refractivity contribution in [2.45, 2.75) is 45.8 Å². The zero-order valence-electron chi connectivity index (χ0n) is 12.1. The van der Waals surface area contributed by atoms with Gasteiger partial charge in [-0.3, -0.25) is 0 Å². The van der Waals surface area contributed by atoms with E-state index >= 15 is 0 Å². The van der Waals surface area contributed by atoms with Crippen molar-refractivity contribution in [1.82, 2.24) is 5.32 Å². The Balaban J connectivity index is 2.80. The summed E-state index contributed by atoms with van der Waals surface area (Å²) in [6, 6.07) is 10.9. The molecule has 3 atom stereocenters. The lowest BCUT2D eigenvalue weighted by Crippen LogP contribution is -2.37. The summed E-state index contributed by atoms with van der Waals surface area (Å²) in [5.74, 6) is 0.718. The van der Waals surface area contributed by atoms with Crippen molar-refractivity contribution in [2.75, 3.05) is 13.7 Å². The third-order valence-electron chi connectivity index (χ3n) is 3.57. The molecule has 0 bridgehead atoms. The van der Waals surface area contributed by atoms with Crippen molar-refractivity contribution < 1.29 is 4.74 Å². The molecule has 2 nitrogen and oxygen atoms in total. The van der Waals surface area contributed by atoms with Crippen LogP contribution in [0.5, 0.6) is 0 Å². The van der Waals surface area contributed by atoms with Gasteiger partial charge in [0.25, 0.3) is 0 Å². The molecule has 0 radical (unpaired) electrons. The van der Waals surface area contributed by atoms with Crippen LogP contribution in [-0.4, -0.2) is 19.7 Å². The molecule has 0 amide bonds. The highest BCUT2D eigenvalue weighted by atomic mass is 16.5. The summed E-state index contributed by atoms with van der Waals surface area (Å²) in [7, 11) is 1.80. The molecule has 0 aromatic heterocycles. The minimum absolute atomic E-state index is 0.139. The molecule has 0 spiro atoms. The maximum atomic E-state index is 5.73. The average Bonchev–Trinajstić information content (AvgIpc) is 2.41. The van der Waals surface area contributed by atoms with E-state index in [0.29, 0.717) is 6.04 Å². The van der Waals surface area contributed by atoms with E-state index in [1.807, 2.05) is 6.07 Å². The van der Waals surface area contributed by atoms with E-state index in [-0.39, 0.29) is 6.10 Å². The van der Waals surface area contributed by atoms with Gasteiger partial charge in [-0.15, -0.1) is 0 Å². The van der Waals surface area contributed by atoms with Gasteiger partial charge >= 0.3 is 0 Å². The first kappa shape index (κ1) is 15.2. The van der Waals surface area contributed by atoms with Crippen LogP contribution in [0.1, 0.15) is 45.3 Å². The third kappa shape index (κ3) is 4.43. The monoisotopic (exact) mass is 249 g/mol. The summed E-state index contributed by atoms with van der Waals surface area (Å²) in [5.41, 5.74) is 1.26. The molecular formula is C16H27NO. The molecule has 0 saturated carbocycles. The molecule has 102 valence electrons. The van der Waals surface area contributed by atoms with Gasteiger partial charge in [-0.1, -0.05) is 57.5 Å². The van der Waals surface area contributed by atoms with Crippen LogP contribution in [0.25, 0.3) is 0 Å². The molecule has 1 rings (SSSR count). The van der Waals surface area contributed by atoms with Gasteiger partial charge in [-0.2, -0.15) is 0 Å². The Kier molecular flexibility index (Phi) is 6.99. The van der Waals surface area contributed by atoms with E-state index < -0.39 is 0 Å². The number of hydrogen-bond acceptors (Lipinski definition) is 2. The van der Waals surface area contributed by atoms with Gasteiger partial charge < -0.3 is 10.1 Å². The van der Waals surface area contributed by atoms with Crippen molar-refractivity contribution in [1.29, 1.82) is 0 Å². The Morgan fingerprint density at radius 2 is 1.83 bits per heavy atom. The van der Waals surface area contributed by atoms with E-state index in [0.717, 1.165) is 18.9 Å². The number of nitrogens with one attached hydrogen (secondary N) is 1. The molecule has 1 aromatic carbocycles. The van der Waals surface area contributed by atoms with Crippen molar-refractivity contribution in [3.63, 3.8) is 0 Å². The van der Waals surface area contributed by atoms with Gasteiger partial charge in [-0.25, -0.2) is 0 Å². The smallest absolute Gasteiger partial charge is 0.0974 e. The van der Waals surface area contributed by atoms with Crippen LogP contribution in [0.4, 0.5) is 0 Å². The Hall–Kier alpha value is -0.860. The predicted octanol–water partition coefficient (Wildman–Crippen LogP) is 3.79. The molecule has 1 aromatic rings. The van der Waals surface area contributed by atoms with Crippen LogP contribution < -0.4 is 5.32 Å². The van der Waals surface area contributed by atoms with Gasteiger partial charge in [0, 0.05) is 13.2 Å². The average molecular weight is 249 g/mol. The van der Waals surface area contributed by atoms with Crippen LogP contribution in [0.15, 0.2) is 30.3 Å². The zero-order chi connectivity index (χ0) is 13.4. The van der Waals surface area contributed by atoms with Gasteiger partial charge in [-0.05, 0) is 24.4 Å². The lowest BCUT2D eigenvalue weighted by atomic mass is 9.92. The fraction of sp³-hybridized carbons (Fsp3) is 0.625. The van der Waals surface area contributed by atoms with E-state index in [9.17, 15) is 0 Å². The topological polar surface area (TPSA) is 21.3 Å². The van der Waals surface area contributed by atoms with E-state index in [1.165, 1.54) is 12.0 Å². The third-order valence-corrected chi connectivity index (χ3v) is 3.57. The first-order valence-corrected chi connectivity index (χ1v) is 7.04. The molecule has 0 aliphatic heterocycles. The highest BCUT2D eigenvalue weighted by Gasteiger charge is 2.23. The molecule has 2 heteroatoms. The fourth-order valence-corrected chi connectivity index (χ4v) is 2.35. The summed E-state index contributed by atoms with van der Waals surface area (Å²) in [4.78, 5) is 0. The number of hydrogen-bond donors (Lipinski definition) is 1. The van der Waals surface area contributed by atoms with E-state index in [4.69, 9.17) is 4.74 Å². The lowest BCUT2D eigenvalue weighted by Gasteiger charge is -2.29. The molecule has 0 aliphatic carbocycles. The molecule has 18 heavy (non-hydrogen) atoms. The first-order chi connectivity index (χ1) is 8.72. The van der Waals surface area contributed by atoms with Gasteiger partial charge in [0.15, 0.2) is 0 Å². The van der Waals surface area contributed by atoms with Crippen molar-refractivity contribution in [3.05, 3.63) is 35.9 Å². The molecule has 3 unspecified atom stereocenters. The van der Waals surface area contributed by atoms with Crippen LogP contribution in [0.3, 0.4) is 0 Å². The SMILES string of the molecule is CCNC(CC(C)CC)C(OC)c1ccccc1. The lowest BCUT2D eigenvalue weighted by molar-refractivity contribution is 0.0601. The number of methoxy groups -OCH3 is 1. The van der Waals surface area contributed by atoms with Crippen LogP contribution in [-0.2, 0) is 4.74 Å². The minimum Gasteiger partial charge on any atom is -0.375 e. The summed E-state index contributed by atoms with van der Waals surface area (Å²) >= 11 is 0. The Morgan fingerprint density at radius 1 is 1.17 bits per heavy atom. The quantitative estimate of drug-likeness (QED) is 0.757. The summed E-state index contributed by atoms with van der Waals surface area (Å²) < 4.78 is 5.73. The minimum atomic E-state index is 0.139. The number of rotatable bonds is 8. The number of likely N-dealkylation sites (N-methyl/N-ethyl adjacent to an activating group) is 1. The summed E-state index contributed by atoms with van der Waals surface area (Å²) in [5, 5.41) is 3.57. The largest absolute Gasteiger partial charge is 0.375 e. The summed E-state index contributed by atoms with van der Waals surface area (Å²) in [6.45, 7) is 7.69. The maximum absolute atomic E-state index is 5.73. The normalized spacial score (nSPS) is 16.2. The molecule has 0 heterocycles. The standard InChI is InChI=1S/C16H27NO/c1-5-13(3)12-15(17-6-2)16(18-4)14-10-8-7-9-11-14/h7-11,13,15-17H,5-6,12H2,1-4H3. The van der Waals surface area contributed by atoms with Crippen molar-refractivity contribution in [3.8, 4) is 0 Å². The molecule has 0 fully saturated rings. The molecular weight excluding hydrogens is 222 g/mol. The molecule has 1 N–H and O–H groups in total. The molecule has 0 aliphatic rings. The second kappa shape index (κ2) is 8.28. The Labute approximate surface area is 112 Å². The second-order valence-corrected chi connectivity index (χ2v) is 4.98. The predicted molar refractivity (Wildman–Crippen MR) is 77.7 cm³/mol. The van der Waals surface area contributed by atoms with Crippen LogP contribution in [0, 0.1) is 5.92 Å². The fourth-order valence-electron chi connectivity index (χ4n) is 2.35. The first-order valence-electron chi connectivity index (χ1n) is 7.04. The maximum Gasteiger partial charge on any atom is 0.0974 e. The van der Waals surface area contributed by atoms with Crippen molar-refractivity contribution in [2.24, 2.45) is 5.92 Å². The Morgan fingerprint density at radius 3 is 2.33 bits per heavy atom. The van der Waals surface area contributed by atoms with E-state index in [1.54, 1.807) is 7.11 Å². The Bertz CT molecular complexity index is 312. The van der Waals surface area contributed by atoms with E-state index in [2.05, 4.69) is 50.4 Å². The summed E-state index contributed by atoms with van der Waals surface area (Å²) in [6.07, 6.45) is 2.50. The van der Waals surface area contributed by atoms with Gasteiger partial charge in [0.05, 0.1) is 6.10 Å². The zero-order valence-corrected chi connectivity index (χ0v) is 12.1. The van der Waals surface area contributed by atoms with Crippen LogP contribution >= 0.6 is 0 Å². The van der Waals surface area contributed by atoms with Gasteiger partial charge in [0.2, 0.25) is 0 Å².